The molecular formula is C19H20FNO4. The molecule has 5 nitrogen and oxygen atoms in total. The van der Waals surface area contributed by atoms with Crippen LogP contribution in [-0.2, 0) is 16.1 Å². The molecule has 1 heterocycles. The largest absolute Gasteiger partial charge is 0.497 e. The fraction of sp³-hybridized carbons (Fsp3) is 0.316. The molecule has 2 atom stereocenters. The second-order valence-electron chi connectivity index (χ2n) is 5.90. The van der Waals surface area contributed by atoms with Gasteiger partial charge in [0.25, 0.3) is 5.91 Å². The Morgan fingerprint density at radius 3 is 2.56 bits per heavy atom. The zero-order chi connectivity index (χ0) is 17.8. The van der Waals surface area contributed by atoms with Gasteiger partial charge in [0, 0.05) is 13.1 Å². The number of benzene rings is 2. The molecule has 25 heavy (non-hydrogen) atoms. The zero-order valence-corrected chi connectivity index (χ0v) is 13.9. The number of methoxy groups -OCH3 is 1. The molecule has 3 rings (SSSR count). The van der Waals surface area contributed by atoms with Gasteiger partial charge < -0.3 is 19.5 Å². The molecule has 1 fully saturated rings. The smallest absolute Gasteiger partial charge is 0.255 e. The van der Waals surface area contributed by atoms with E-state index in [1.165, 1.54) is 24.3 Å². The molecule has 0 aromatic heterocycles. The van der Waals surface area contributed by atoms with E-state index < -0.39 is 18.0 Å². The normalized spacial score (nSPS) is 18.9. The molecule has 0 spiro atoms. The number of aliphatic hydroxyl groups excluding tert-OH is 1. The number of hydrogen-bond acceptors (Lipinski definition) is 4. The van der Waals surface area contributed by atoms with Gasteiger partial charge in [-0.15, -0.1) is 0 Å². The first-order chi connectivity index (χ1) is 12.1. The standard InChI is InChI=1S/C19H20FNO4/c1-24-16-8-2-13(3-9-16)12-21-10-11-25-18(19(21)23)17(22)14-4-6-15(20)7-5-14/h2-9,17-18,22H,10-12H2,1H3/t17-,18+/m1/s1. The monoisotopic (exact) mass is 345 g/mol. The summed E-state index contributed by atoms with van der Waals surface area (Å²) in [6.45, 7) is 1.22. The lowest BCUT2D eigenvalue weighted by Crippen LogP contribution is -2.49. The molecule has 1 N–H and O–H groups in total. The van der Waals surface area contributed by atoms with Crippen LogP contribution in [-0.4, -0.2) is 42.3 Å². The van der Waals surface area contributed by atoms with Crippen LogP contribution in [0, 0.1) is 5.82 Å². The lowest BCUT2D eigenvalue weighted by atomic mass is 10.0. The van der Waals surface area contributed by atoms with Gasteiger partial charge in [-0.05, 0) is 35.4 Å². The van der Waals surface area contributed by atoms with Crippen molar-refractivity contribution < 1.29 is 23.8 Å². The highest BCUT2D eigenvalue weighted by Crippen LogP contribution is 2.24. The number of amides is 1. The Morgan fingerprint density at radius 2 is 1.92 bits per heavy atom. The van der Waals surface area contributed by atoms with Crippen molar-refractivity contribution in [3.63, 3.8) is 0 Å². The van der Waals surface area contributed by atoms with E-state index in [2.05, 4.69) is 0 Å². The topological polar surface area (TPSA) is 59.0 Å². The highest BCUT2D eigenvalue weighted by molar-refractivity contribution is 5.82. The van der Waals surface area contributed by atoms with Crippen LogP contribution < -0.4 is 4.74 Å². The van der Waals surface area contributed by atoms with Crippen molar-refractivity contribution in [3.8, 4) is 5.75 Å². The minimum Gasteiger partial charge on any atom is -0.497 e. The van der Waals surface area contributed by atoms with Crippen LogP contribution >= 0.6 is 0 Å². The van der Waals surface area contributed by atoms with Gasteiger partial charge in [-0.1, -0.05) is 24.3 Å². The first-order valence-corrected chi connectivity index (χ1v) is 8.05. The van der Waals surface area contributed by atoms with E-state index in [0.29, 0.717) is 25.3 Å². The summed E-state index contributed by atoms with van der Waals surface area (Å²) in [7, 11) is 1.60. The summed E-state index contributed by atoms with van der Waals surface area (Å²) in [5.41, 5.74) is 1.41. The molecule has 1 amide bonds. The number of halogens is 1. The molecule has 0 saturated carbocycles. The minimum absolute atomic E-state index is 0.279. The second-order valence-corrected chi connectivity index (χ2v) is 5.90. The van der Waals surface area contributed by atoms with E-state index in [-0.39, 0.29) is 5.91 Å². The van der Waals surface area contributed by atoms with Crippen molar-refractivity contribution in [2.45, 2.75) is 18.8 Å². The lowest BCUT2D eigenvalue weighted by molar-refractivity contribution is -0.164. The van der Waals surface area contributed by atoms with Gasteiger partial charge in [0.1, 0.15) is 17.7 Å². The maximum absolute atomic E-state index is 13.0. The number of hydrogen-bond donors (Lipinski definition) is 1. The number of morpholine rings is 1. The zero-order valence-electron chi connectivity index (χ0n) is 13.9. The van der Waals surface area contributed by atoms with Crippen molar-refractivity contribution in [3.05, 3.63) is 65.5 Å². The average molecular weight is 345 g/mol. The molecule has 1 aliphatic heterocycles. The van der Waals surface area contributed by atoms with E-state index in [9.17, 15) is 14.3 Å². The van der Waals surface area contributed by atoms with Crippen LogP contribution in [0.15, 0.2) is 48.5 Å². The predicted octanol–water partition coefficient (Wildman–Crippen LogP) is 2.30. The first-order valence-electron chi connectivity index (χ1n) is 8.05. The Labute approximate surface area is 145 Å². The molecule has 1 saturated heterocycles. The van der Waals surface area contributed by atoms with Gasteiger partial charge in [-0.2, -0.15) is 0 Å². The molecule has 0 radical (unpaired) electrons. The second kappa shape index (κ2) is 7.63. The van der Waals surface area contributed by atoms with E-state index in [4.69, 9.17) is 9.47 Å². The van der Waals surface area contributed by atoms with E-state index in [1.807, 2.05) is 24.3 Å². The van der Waals surface area contributed by atoms with E-state index in [0.717, 1.165) is 11.3 Å². The molecule has 2 aromatic rings. The Morgan fingerprint density at radius 1 is 1.24 bits per heavy atom. The number of nitrogens with zero attached hydrogens (tertiary/aromatic N) is 1. The molecule has 132 valence electrons. The maximum Gasteiger partial charge on any atom is 0.255 e. The van der Waals surface area contributed by atoms with Crippen molar-refractivity contribution in [1.29, 1.82) is 0 Å². The number of ether oxygens (including phenoxy) is 2. The summed E-state index contributed by atoms with van der Waals surface area (Å²) in [4.78, 5) is 14.3. The van der Waals surface area contributed by atoms with Crippen LogP contribution in [0.1, 0.15) is 17.2 Å². The quantitative estimate of drug-likeness (QED) is 0.903. The number of carbonyl (C=O) groups is 1. The summed E-state index contributed by atoms with van der Waals surface area (Å²) in [6.07, 6.45) is -2.12. The van der Waals surface area contributed by atoms with E-state index in [1.54, 1.807) is 12.0 Å². The van der Waals surface area contributed by atoms with Gasteiger partial charge in [0.15, 0.2) is 6.10 Å². The first kappa shape index (κ1) is 17.4. The summed E-state index contributed by atoms with van der Waals surface area (Å²) in [5, 5.41) is 10.4. The Balaban J connectivity index is 1.70. The maximum atomic E-state index is 13.0. The molecule has 0 bridgehead atoms. The Bertz CT molecular complexity index is 717. The fourth-order valence-corrected chi connectivity index (χ4v) is 2.82. The molecule has 0 aliphatic carbocycles. The van der Waals surface area contributed by atoms with Crippen LogP contribution in [0.3, 0.4) is 0 Å². The van der Waals surface area contributed by atoms with Crippen LogP contribution in [0.4, 0.5) is 4.39 Å². The van der Waals surface area contributed by atoms with Gasteiger partial charge >= 0.3 is 0 Å². The third-order valence-corrected chi connectivity index (χ3v) is 4.24. The van der Waals surface area contributed by atoms with Crippen molar-refractivity contribution in [2.24, 2.45) is 0 Å². The lowest BCUT2D eigenvalue weighted by Gasteiger charge is -2.34. The van der Waals surface area contributed by atoms with Gasteiger partial charge in [0.05, 0.1) is 13.7 Å². The summed E-state index contributed by atoms with van der Waals surface area (Å²) in [6, 6.07) is 12.9. The summed E-state index contributed by atoms with van der Waals surface area (Å²) < 4.78 is 23.6. The third kappa shape index (κ3) is 3.97. The molecule has 6 heteroatoms. The average Bonchev–Trinajstić information content (AvgIpc) is 2.64. The summed E-state index contributed by atoms with van der Waals surface area (Å²) >= 11 is 0. The van der Waals surface area contributed by atoms with Gasteiger partial charge in [-0.3, -0.25) is 4.79 Å². The highest BCUT2D eigenvalue weighted by Gasteiger charge is 2.35. The van der Waals surface area contributed by atoms with Crippen LogP contribution in [0.2, 0.25) is 0 Å². The minimum atomic E-state index is -1.13. The van der Waals surface area contributed by atoms with Crippen LogP contribution in [0.25, 0.3) is 0 Å². The third-order valence-electron chi connectivity index (χ3n) is 4.24. The molecular weight excluding hydrogens is 325 g/mol. The number of carbonyl (C=O) groups excluding carboxylic acids is 1. The summed E-state index contributed by atoms with van der Waals surface area (Å²) in [5.74, 6) is 0.0773. The Hall–Kier alpha value is -2.44. The predicted molar refractivity (Wildman–Crippen MR) is 89.5 cm³/mol. The van der Waals surface area contributed by atoms with Crippen molar-refractivity contribution in [2.75, 3.05) is 20.3 Å². The molecule has 0 unspecified atom stereocenters. The highest BCUT2D eigenvalue weighted by atomic mass is 19.1. The molecule has 1 aliphatic rings. The molecule has 2 aromatic carbocycles. The van der Waals surface area contributed by atoms with Crippen molar-refractivity contribution in [1.82, 2.24) is 4.90 Å². The number of rotatable bonds is 5. The fourth-order valence-electron chi connectivity index (χ4n) is 2.82. The Kier molecular flexibility index (Phi) is 5.31. The van der Waals surface area contributed by atoms with Crippen LogP contribution in [0.5, 0.6) is 5.75 Å². The van der Waals surface area contributed by atoms with E-state index >= 15 is 0 Å². The van der Waals surface area contributed by atoms with Gasteiger partial charge in [-0.25, -0.2) is 4.39 Å². The van der Waals surface area contributed by atoms with Crippen molar-refractivity contribution >= 4 is 5.91 Å². The van der Waals surface area contributed by atoms with Gasteiger partial charge in [0.2, 0.25) is 0 Å². The SMILES string of the molecule is COc1ccc(CN2CCO[C@@H]([C@H](O)c3ccc(F)cc3)C2=O)cc1. The number of aliphatic hydroxyl groups is 1.